The second kappa shape index (κ2) is 11.5. The highest BCUT2D eigenvalue weighted by atomic mass is 16.5. The largest absolute Gasteiger partial charge is 0.495 e. The number of rotatable bonds is 8. The Morgan fingerprint density at radius 3 is 2.38 bits per heavy atom. The molecule has 1 heterocycles. The maximum Gasteiger partial charge on any atom is 0.323 e. The topological polar surface area (TPSA) is 120 Å². The molecule has 1 fully saturated rings. The molecule has 2 aromatic carbocycles. The van der Waals surface area contributed by atoms with E-state index in [1.165, 1.54) is 14.0 Å². The van der Waals surface area contributed by atoms with Gasteiger partial charge in [0.1, 0.15) is 5.75 Å². The molecule has 182 valence electrons. The molecule has 1 saturated heterocycles. The first-order chi connectivity index (χ1) is 16.3. The number of benzene rings is 2. The summed E-state index contributed by atoms with van der Waals surface area (Å²) in [5.74, 6) is -0.342. The number of methoxy groups -OCH3 is 1. The number of nitrogens with zero attached hydrogens (tertiary/aromatic N) is 1. The van der Waals surface area contributed by atoms with Crippen LogP contribution in [0.5, 0.6) is 5.75 Å². The summed E-state index contributed by atoms with van der Waals surface area (Å²) in [5, 5.41) is 17.7. The molecule has 0 aromatic heterocycles. The summed E-state index contributed by atoms with van der Waals surface area (Å²) in [7, 11) is 1.53. The molecule has 3 rings (SSSR count). The summed E-state index contributed by atoms with van der Waals surface area (Å²) in [5.41, 5.74) is 3.05. The Bertz CT molecular complexity index is 1030. The third-order valence-electron chi connectivity index (χ3n) is 6.05. The van der Waals surface area contributed by atoms with Gasteiger partial charge in [-0.3, -0.25) is 14.5 Å². The van der Waals surface area contributed by atoms with E-state index < -0.39 is 5.97 Å². The first-order valence-corrected chi connectivity index (χ1v) is 11.3. The summed E-state index contributed by atoms with van der Waals surface area (Å²) in [6.45, 7) is 4.73. The summed E-state index contributed by atoms with van der Waals surface area (Å²) >= 11 is 0. The van der Waals surface area contributed by atoms with E-state index in [0.717, 1.165) is 29.7 Å². The van der Waals surface area contributed by atoms with E-state index in [-0.39, 0.29) is 30.4 Å². The predicted molar refractivity (Wildman–Crippen MR) is 130 cm³/mol. The van der Waals surface area contributed by atoms with Crippen molar-refractivity contribution < 1.29 is 24.2 Å². The van der Waals surface area contributed by atoms with Crippen molar-refractivity contribution in [1.82, 2.24) is 10.2 Å². The number of hydrogen-bond acceptors (Lipinski definition) is 5. The van der Waals surface area contributed by atoms with Gasteiger partial charge in [-0.1, -0.05) is 24.3 Å². The first-order valence-electron chi connectivity index (χ1n) is 11.3. The third-order valence-corrected chi connectivity index (χ3v) is 6.05. The van der Waals surface area contributed by atoms with Gasteiger partial charge in [-0.15, -0.1) is 0 Å². The number of aliphatic carboxylic acids is 1. The Balaban J connectivity index is 1.74. The van der Waals surface area contributed by atoms with E-state index in [2.05, 4.69) is 16.0 Å². The van der Waals surface area contributed by atoms with Crippen LogP contribution in [0, 0.1) is 12.8 Å². The minimum absolute atomic E-state index is 0.0241. The highest BCUT2D eigenvalue weighted by Crippen LogP contribution is 2.35. The Kier molecular flexibility index (Phi) is 8.48. The number of hydrogen-bond donors (Lipinski definition) is 4. The van der Waals surface area contributed by atoms with Crippen LogP contribution in [0.25, 0.3) is 0 Å². The van der Waals surface area contributed by atoms with Crippen molar-refractivity contribution in [1.29, 1.82) is 0 Å². The molecule has 2 aromatic rings. The van der Waals surface area contributed by atoms with Crippen LogP contribution in [0.2, 0.25) is 0 Å². The molecular weight excluding hydrogens is 436 g/mol. The van der Waals surface area contributed by atoms with Gasteiger partial charge in [0.15, 0.2) is 0 Å². The van der Waals surface area contributed by atoms with E-state index in [4.69, 9.17) is 9.84 Å². The van der Waals surface area contributed by atoms with Gasteiger partial charge in [0.2, 0.25) is 5.91 Å². The lowest BCUT2D eigenvalue weighted by Crippen LogP contribution is -2.42. The van der Waals surface area contributed by atoms with Crippen molar-refractivity contribution in [3.63, 3.8) is 0 Å². The normalized spacial score (nSPS) is 15.3. The minimum atomic E-state index is -0.837. The quantitative estimate of drug-likeness (QED) is 0.470. The average molecular weight is 469 g/mol. The first kappa shape index (κ1) is 25.0. The fourth-order valence-electron chi connectivity index (χ4n) is 4.32. The molecule has 9 nitrogen and oxygen atoms in total. The number of para-hydroxylation sites is 1. The number of anilines is 2. The van der Waals surface area contributed by atoms with E-state index in [0.29, 0.717) is 24.5 Å². The molecular formula is C25H32N4O5. The number of likely N-dealkylation sites (tertiary alicyclic amines) is 1. The number of carboxylic acids is 1. The monoisotopic (exact) mass is 468 g/mol. The maximum absolute atomic E-state index is 12.5. The summed E-state index contributed by atoms with van der Waals surface area (Å²) in [6.07, 6.45) is 1.53. The Hall–Kier alpha value is -3.59. The van der Waals surface area contributed by atoms with Gasteiger partial charge in [0.25, 0.3) is 0 Å². The van der Waals surface area contributed by atoms with E-state index >= 15 is 0 Å². The smallest absolute Gasteiger partial charge is 0.323 e. The summed E-state index contributed by atoms with van der Waals surface area (Å²) < 4.78 is 5.54. The molecule has 1 atom stereocenters. The van der Waals surface area contributed by atoms with Crippen molar-refractivity contribution in [2.24, 2.45) is 5.92 Å². The number of piperidine rings is 1. The third kappa shape index (κ3) is 6.71. The number of carbonyl (C=O) groups excluding carboxylic acids is 2. The number of nitrogens with one attached hydrogen (secondary N) is 3. The second-order valence-electron chi connectivity index (χ2n) is 8.54. The Labute approximate surface area is 199 Å². The molecule has 0 saturated carbocycles. The van der Waals surface area contributed by atoms with Crippen LogP contribution in [0.1, 0.15) is 36.9 Å². The lowest BCUT2D eigenvalue weighted by Gasteiger charge is -2.36. The molecule has 4 N–H and O–H groups in total. The van der Waals surface area contributed by atoms with Crippen LogP contribution in [-0.2, 0) is 9.59 Å². The highest BCUT2D eigenvalue weighted by molar-refractivity contribution is 6.01. The maximum atomic E-state index is 12.5. The van der Waals surface area contributed by atoms with Gasteiger partial charge in [0, 0.05) is 12.6 Å². The van der Waals surface area contributed by atoms with E-state index in [9.17, 15) is 14.4 Å². The zero-order valence-corrected chi connectivity index (χ0v) is 19.8. The molecule has 0 spiro atoms. The van der Waals surface area contributed by atoms with Crippen LogP contribution < -0.4 is 20.7 Å². The van der Waals surface area contributed by atoms with Gasteiger partial charge < -0.3 is 25.8 Å². The Morgan fingerprint density at radius 2 is 1.76 bits per heavy atom. The van der Waals surface area contributed by atoms with Crippen LogP contribution in [-0.4, -0.2) is 54.7 Å². The van der Waals surface area contributed by atoms with Crippen molar-refractivity contribution in [3.05, 3.63) is 53.6 Å². The second-order valence-corrected chi connectivity index (χ2v) is 8.54. The molecule has 1 aliphatic rings. The van der Waals surface area contributed by atoms with Crippen LogP contribution >= 0.6 is 0 Å². The van der Waals surface area contributed by atoms with Crippen LogP contribution in [0.4, 0.5) is 16.2 Å². The number of aryl methyl sites for hydroxylation is 1. The molecule has 9 heteroatoms. The molecule has 0 aliphatic carbocycles. The zero-order valence-electron chi connectivity index (χ0n) is 19.8. The SMILES string of the molecule is COc1cc(C(NC(C)=O)C2CCN(CC(=O)O)CC2)ccc1NC(=O)Nc1ccccc1C. The van der Waals surface area contributed by atoms with Gasteiger partial charge >= 0.3 is 12.0 Å². The molecule has 0 radical (unpaired) electrons. The van der Waals surface area contributed by atoms with Crippen molar-refractivity contribution in [2.75, 3.05) is 37.4 Å². The molecule has 0 bridgehead atoms. The van der Waals surface area contributed by atoms with Crippen LogP contribution in [0.3, 0.4) is 0 Å². The van der Waals surface area contributed by atoms with E-state index in [1.807, 2.05) is 48.2 Å². The molecule has 1 aliphatic heterocycles. The van der Waals surface area contributed by atoms with Crippen molar-refractivity contribution >= 4 is 29.3 Å². The number of ether oxygens (including phenoxy) is 1. The lowest BCUT2D eigenvalue weighted by molar-refractivity contribution is -0.138. The minimum Gasteiger partial charge on any atom is -0.495 e. The number of urea groups is 1. The fourth-order valence-corrected chi connectivity index (χ4v) is 4.32. The van der Waals surface area contributed by atoms with E-state index in [1.54, 1.807) is 6.07 Å². The zero-order chi connectivity index (χ0) is 24.7. The predicted octanol–water partition coefficient (Wildman–Crippen LogP) is 3.62. The molecule has 34 heavy (non-hydrogen) atoms. The molecule has 3 amide bonds. The fraction of sp³-hybridized carbons (Fsp3) is 0.400. The highest BCUT2D eigenvalue weighted by Gasteiger charge is 2.29. The molecule has 1 unspecified atom stereocenters. The summed E-state index contributed by atoms with van der Waals surface area (Å²) in [4.78, 5) is 37.4. The van der Waals surface area contributed by atoms with Crippen LogP contribution in [0.15, 0.2) is 42.5 Å². The van der Waals surface area contributed by atoms with Gasteiger partial charge in [0.05, 0.1) is 25.4 Å². The van der Waals surface area contributed by atoms with Crippen molar-refractivity contribution in [3.8, 4) is 5.75 Å². The van der Waals surface area contributed by atoms with Gasteiger partial charge in [-0.05, 0) is 68.1 Å². The Morgan fingerprint density at radius 1 is 1.09 bits per heavy atom. The number of carbonyl (C=O) groups is 3. The lowest BCUT2D eigenvalue weighted by atomic mass is 9.85. The average Bonchev–Trinajstić information content (AvgIpc) is 2.79. The van der Waals surface area contributed by atoms with Gasteiger partial charge in [-0.2, -0.15) is 0 Å². The van der Waals surface area contributed by atoms with Crippen molar-refractivity contribution in [2.45, 2.75) is 32.7 Å². The summed E-state index contributed by atoms with van der Waals surface area (Å²) in [6, 6.07) is 12.3. The standard InChI is InChI=1S/C25H32N4O5/c1-16-6-4-5-7-20(16)27-25(33)28-21-9-8-19(14-22(21)34-3)24(26-17(2)30)18-10-12-29(13-11-18)15-23(31)32/h4-9,14,18,24H,10-13,15H2,1-3H3,(H,26,30)(H,31,32)(H2,27,28,33). The number of carboxylic acid groups (broad SMARTS) is 1. The number of amides is 3. The van der Waals surface area contributed by atoms with Gasteiger partial charge in [-0.25, -0.2) is 4.79 Å².